The summed E-state index contributed by atoms with van der Waals surface area (Å²) in [6.45, 7) is 5.52. The van der Waals surface area contributed by atoms with Crippen molar-refractivity contribution in [1.29, 1.82) is 0 Å². The molecule has 0 spiro atoms. The zero-order chi connectivity index (χ0) is 10.9. The maximum absolute atomic E-state index is 4.22. The first-order valence-electron chi connectivity index (χ1n) is 5.59. The molecule has 1 rings (SSSR count). The Morgan fingerprint density at radius 1 is 1.27 bits per heavy atom. The molecule has 0 N–H and O–H groups in total. The van der Waals surface area contributed by atoms with Crippen LogP contribution < -0.4 is 0 Å². The second-order valence-electron chi connectivity index (χ2n) is 3.65. The number of hydrogen-bond donors (Lipinski definition) is 1. The van der Waals surface area contributed by atoms with Crippen molar-refractivity contribution < 1.29 is 0 Å². The van der Waals surface area contributed by atoms with E-state index in [1.54, 1.807) is 0 Å². The van der Waals surface area contributed by atoms with E-state index in [4.69, 9.17) is 0 Å². The Bertz CT molecular complexity index is 251. The lowest BCUT2D eigenvalue weighted by molar-refractivity contribution is 0.275. The number of hydrogen-bond acceptors (Lipinski definition) is 3. The van der Waals surface area contributed by atoms with E-state index in [1.807, 2.05) is 12.4 Å². The van der Waals surface area contributed by atoms with Crippen LogP contribution in [0.5, 0.6) is 0 Å². The molecular formula is C12H20N2S. The molecule has 84 valence electrons. The molecule has 0 aromatic carbocycles. The minimum atomic E-state index is 0.993. The maximum atomic E-state index is 4.22. The number of pyridine rings is 1. The molecule has 0 aliphatic rings. The van der Waals surface area contributed by atoms with Crippen molar-refractivity contribution in [2.24, 2.45) is 0 Å². The first kappa shape index (κ1) is 12.5. The van der Waals surface area contributed by atoms with Crippen molar-refractivity contribution in [2.45, 2.75) is 26.3 Å². The second-order valence-corrected chi connectivity index (χ2v) is 4.10. The summed E-state index contributed by atoms with van der Waals surface area (Å²) in [5, 5.41) is 0. The van der Waals surface area contributed by atoms with Crippen LogP contribution in [0.4, 0.5) is 0 Å². The average Bonchev–Trinajstić information content (AvgIpc) is 2.29. The summed E-state index contributed by atoms with van der Waals surface area (Å²) in [5.74, 6) is 0.993. The van der Waals surface area contributed by atoms with Crippen LogP contribution in [0.1, 0.15) is 25.3 Å². The Kier molecular flexibility index (Phi) is 6.44. The number of unbranched alkanes of at least 4 members (excludes halogenated alkanes) is 1. The quantitative estimate of drug-likeness (QED) is 0.566. The Balaban J connectivity index is 2.33. The normalized spacial score (nSPS) is 10.9. The van der Waals surface area contributed by atoms with Crippen molar-refractivity contribution >= 4 is 12.6 Å². The fourth-order valence-electron chi connectivity index (χ4n) is 1.54. The van der Waals surface area contributed by atoms with Crippen LogP contribution >= 0.6 is 12.6 Å². The molecule has 0 atom stereocenters. The van der Waals surface area contributed by atoms with Gasteiger partial charge in [-0.25, -0.2) is 0 Å². The molecule has 0 aliphatic carbocycles. The molecule has 0 bridgehead atoms. The van der Waals surface area contributed by atoms with E-state index in [1.165, 1.54) is 24.9 Å². The third kappa shape index (κ3) is 5.19. The number of nitrogens with zero attached hydrogens (tertiary/aromatic N) is 2. The van der Waals surface area contributed by atoms with Gasteiger partial charge >= 0.3 is 0 Å². The second kappa shape index (κ2) is 7.71. The average molecular weight is 224 g/mol. The van der Waals surface area contributed by atoms with Crippen molar-refractivity contribution in [3.05, 3.63) is 30.1 Å². The molecule has 0 aliphatic heterocycles. The van der Waals surface area contributed by atoms with Crippen molar-refractivity contribution in [1.82, 2.24) is 9.88 Å². The minimum Gasteiger partial charge on any atom is -0.299 e. The third-order valence-electron chi connectivity index (χ3n) is 2.49. The monoisotopic (exact) mass is 224 g/mol. The zero-order valence-electron chi connectivity index (χ0n) is 9.39. The minimum absolute atomic E-state index is 0.993. The van der Waals surface area contributed by atoms with Crippen molar-refractivity contribution in [3.8, 4) is 0 Å². The first-order chi connectivity index (χ1) is 7.36. The molecule has 0 radical (unpaired) electrons. The molecule has 0 fully saturated rings. The van der Waals surface area contributed by atoms with Gasteiger partial charge in [0.2, 0.25) is 0 Å². The summed E-state index contributed by atoms with van der Waals surface area (Å²) in [5.41, 5.74) is 1.35. The topological polar surface area (TPSA) is 16.1 Å². The molecule has 0 saturated carbocycles. The molecule has 15 heavy (non-hydrogen) atoms. The van der Waals surface area contributed by atoms with Gasteiger partial charge in [0, 0.05) is 18.9 Å². The smallest absolute Gasteiger partial charge is 0.0271 e. The lowest BCUT2D eigenvalue weighted by Gasteiger charge is -2.20. The van der Waals surface area contributed by atoms with Gasteiger partial charge in [-0.15, -0.1) is 0 Å². The summed E-state index contributed by atoms with van der Waals surface area (Å²) < 4.78 is 0. The molecule has 1 aromatic rings. The van der Waals surface area contributed by atoms with E-state index < -0.39 is 0 Å². The van der Waals surface area contributed by atoms with Crippen LogP contribution in [0.15, 0.2) is 24.5 Å². The standard InChI is InChI=1S/C12H20N2S/c1-2-14(9-3-4-10-15)11-12-5-7-13-8-6-12/h5-8,15H,2-4,9-11H2,1H3. The van der Waals surface area contributed by atoms with Gasteiger partial charge in [-0.05, 0) is 49.4 Å². The van der Waals surface area contributed by atoms with Crippen LogP contribution in [0.3, 0.4) is 0 Å². The maximum Gasteiger partial charge on any atom is 0.0271 e. The van der Waals surface area contributed by atoms with Gasteiger partial charge in [0.15, 0.2) is 0 Å². The predicted octanol–water partition coefficient (Wildman–Crippen LogP) is 2.61. The number of thiol groups is 1. The van der Waals surface area contributed by atoms with E-state index >= 15 is 0 Å². The number of rotatable bonds is 7. The summed E-state index contributed by atoms with van der Waals surface area (Å²) in [6, 6.07) is 4.17. The van der Waals surface area contributed by atoms with Gasteiger partial charge in [-0.2, -0.15) is 12.6 Å². The van der Waals surface area contributed by atoms with Gasteiger partial charge in [-0.3, -0.25) is 9.88 Å². The van der Waals surface area contributed by atoms with Crippen molar-refractivity contribution in [2.75, 3.05) is 18.8 Å². The van der Waals surface area contributed by atoms with E-state index in [0.717, 1.165) is 18.8 Å². The number of aromatic nitrogens is 1. The lowest BCUT2D eigenvalue weighted by Crippen LogP contribution is -2.24. The molecule has 1 heterocycles. The van der Waals surface area contributed by atoms with E-state index in [-0.39, 0.29) is 0 Å². The van der Waals surface area contributed by atoms with Crippen LogP contribution in [0.25, 0.3) is 0 Å². The molecule has 0 amide bonds. The van der Waals surface area contributed by atoms with Gasteiger partial charge in [0.1, 0.15) is 0 Å². The van der Waals surface area contributed by atoms with Gasteiger partial charge in [-0.1, -0.05) is 6.92 Å². The van der Waals surface area contributed by atoms with E-state index in [9.17, 15) is 0 Å². The molecule has 2 nitrogen and oxygen atoms in total. The largest absolute Gasteiger partial charge is 0.299 e. The highest BCUT2D eigenvalue weighted by Crippen LogP contribution is 2.04. The predicted molar refractivity (Wildman–Crippen MR) is 68.3 cm³/mol. The fourth-order valence-corrected chi connectivity index (χ4v) is 1.77. The Hall–Kier alpha value is -0.540. The van der Waals surface area contributed by atoms with E-state index in [0.29, 0.717) is 0 Å². The highest BCUT2D eigenvalue weighted by molar-refractivity contribution is 7.80. The fraction of sp³-hybridized carbons (Fsp3) is 0.583. The zero-order valence-corrected chi connectivity index (χ0v) is 10.3. The van der Waals surface area contributed by atoms with Gasteiger partial charge < -0.3 is 0 Å². The Morgan fingerprint density at radius 3 is 2.60 bits per heavy atom. The lowest BCUT2D eigenvalue weighted by atomic mass is 10.2. The molecule has 3 heteroatoms. The molecule has 0 saturated heterocycles. The highest BCUT2D eigenvalue weighted by Gasteiger charge is 2.02. The summed E-state index contributed by atoms with van der Waals surface area (Å²) in [6.07, 6.45) is 6.16. The van der Waals surface area contributed by atoms with E-state index in [2.05, 4.69) is 41.6 Å². The summed E-state index contributed by atoms with van der Waals surface area (Å²) >= 11 is 4.22. The summed E-state index contributed by atoms with van der Waals surface area (Å²) in [7, 11) is 0. The first-order valence-corrected chi connectivity index (χ1v) is 6.22. The SMILES string of the molecule is CCN(CCCCS)Cc1ccncc1. The van der Waals surface area contributed by atoms with Gasteiger partial charge in [0.05, 0.1) is 0 Å². The molecular weight excluding hydrogens is 204 g/mol. The van der Waals surface area contributed by atoms with Crippen LogP contribution in [-0.4, -0.2) is 28.7 Å². The summed E-state index contributed by atoms with van der Waals surface area (Å²) in [4.78, 5) is 6.48. The third-order valence-corrected chi connectivity index (χ3v) is 2.80. The molecule has 1 aromatic heterocycles. The Labute approximate surface area is 98.1 Å². The molecule has 0 unspecified atom stereocenters. The van der Waals surface area contributed by atoms with Crippen LogP contribution in [0, 0.1) is 0 Å². The van der Waals surface area contributed by atoms with Crippen molar-refractivity contribution in [3.63, 3.8) is 0 Å². The Morgan fingerprint density at radius 2 is 2.00 bits per heavy atom. The van der Waals surface area contributed by atoms with Crippen LogP contribution in [-0.2, 0) is 6.54 Å². The van der Waals surface area contributed by atoms with Gasteiger partial charge in [0.25, 0.3) is 0 Å². The highest BCUT2D eigenvalue weighted by atomic mass is 32.1. The van der Waals surface area contributed by atoms with Crippen LogP contribution in [0.2, 0.25) is 0 Å².